The lowest BCUT2D eigenvalue weighted by atomic mass is 9.91. The van der Waals surface area contributed by atoms with Crippen LogP contribution >= 0.6 is 34.5 Å². The number of pyridine rings is 1. The number of benzene rings is 1. The molecule has 0 spiro atoms. The van der Waals surface area contributed by atoms with E-state index in [0.717, 1.165) is 17.4 Å². The highest BCUT2D eigenvalue weighted by molar-refractivity contribution is 7.14. The largest absolute Gasteiger partial charge is 0.398 e. The number of nitrogens with zero attached hydrogens (tertiary/aromatic N) is 2. The zero-order valence-corrected chi connectivity index (χ0v) is 19.6. The van der Waals surface area contributed by atoms with Crippen LogP contribution in [0.4, 0.5) is 17.6 Å². The van der Waals surface area contributed by atoms with Crippen molar-refractivity contribution >= 4 is 40.4 Å². The Balaban J connectivity index is 2.03. The first-order valence-corrected chi connectivity index (χ1v) is 11.1. The molecule has 33 heavy (non-hydrogen) atoms. The average molecular weight is 521 g/mol. The van der Waals surface area contributed by atoms with Crippen molar-refractivity contribution in [1.29, 1.82) is 0 Å². The Bertz CT molecular complexity index is 1180. The van der Waals surface area contributed by atoms with Crippen LogP contribution in [0.3, 0.4) is 0 Å². The molecule has 0 aliphatic carbocycles. The SMILES string of the molecule is CC(C)(N)c1cc(-c2ccc(F)c(Cl)c2)nc(C(CNC(=O)c2csc(Cl)n2)C(F)(F)F)c1. The fourth-order valence-corrected chi connectivity index (χ4v) is 3.86. The predicted octanol–water partition coefficient (Wildman–Crippen LogP) is 5.92. The Kier molecular flexibility index (Phi) is 7.33. The van der Waals surface area contributed by atoms with Crippen molar-refractivity contribution in [2.75, 3.05) is 6.54 Å². The van der Waals surface area contributed by atoms with E-state index in [1.165, 1.54) is 29.6 Å². The number of hydrogen-bond acceptors (Lipinski definition) is 5. The molecule has 0 fully saturated rings. The Hall–Kier alpha value is -2.27. The molecule has 5 nitrogen and oxygen atoms in total. The third-order valence-corrected chi connectivity index (χ3v) is 6.00. The van der Waals surface area contributed by atoms with Gasteiger partial charge >= 0.3 is 6.18 Å². The van der Waals surface area contributed by atoms with Crippen molar-refractivity contribution in [3.05, 3.63) is 68.0 Å². The molecule has 3 N–H and O–H groups in total. The summed E-state index contributed by atoms with van der Waals surface area (Å²) in [5, 5.41) is 3.38. The number of aromatic nitrogens is 2. The Morgan fingerprint density at radius 1 is 1.18 bits per heavy atom. The maximum absolute atomic E-state index is 14.0. The van der Waals surface area contributed by atoms with Gasteiger partial charge in [-0.15, -0.1) is 11.3 Å². The number of carbonyl (C=O) groups excluding carboxylic acids is 1. The number of rotatable bonds is 6. The molecule has 0 aliphatic heterocycles. The standard InChI is InChI=1S/C21H18Cl2F4N4OS/c1-20(2,28)11-6-15(10-3-4-14(24)13(22)5-10)30-16(7-11)12(21(25,26)27)8-29-18(32)17-9-33-19(23)31-17/h3-7,9,12H,8,28H2,1-2H3,(H,29,32). The number of amides is 1. The number of hydrogen-bond donors (Lipinski definition) is 2. The minimum Gasteiger partial charge on any atom is -0.350 e. The van der Waals surface area contributed by atoms with Gasteiger partial charge in [0.25, 0.3) is 5.91 Å². The van der Waals surface area contributed by atoms with Gasteiger partial charge < -0.3 is 11.1 Å². The molecule has 12 heteroatoms. The summed E-state index contributed by atoms with van der Waals surface area (Å²) >= 11 is 12.5. The first kappa shape index (κ1) is 25.4. The number of thiazole rings is 1. The summed E-state index contributed by atoms with van der Waals surface area (Å²) in [5.41, 5.74) is 5.52. The van der Waals surface area contributed by atoms with Crippen molar-refractivity contribution in [3.8, 4) is 11.3 Å². The van der Waals surface area contributed by atoms with Crippen molar-refractivity contribution < 1.29 is 22.4 Å². The van der Waals surface area contributed by atoms with Crippen molar-refractivity contribution in [2.45, 2.75) is 31.5 Å². The van der Waals surface area contributed by atoms with Crippen LogP contribution in [0.15, 0.2) is 35.7 Å². The molecule has 3 rings (SSSR count). The van der Waals surface area contributed by atoms with Gasteiger partial charge in [-0.25, -0.2) is 9.37 Å². The lowest BCUT2D eigenvalue weighted by molar-refractivity contribution is -0.149. The second-order valence-corrected chi connectivity index (χ2v) is 9.65. The van der Waals surface area contributed by atoms with Gasteiger partial charge in [-0.1, -0.05) is 23.2 Å². The highest BCUT2D eigenvalue weighted by Crippen LogP contribution is 2.36. The van der Waals surface area contributed by atoms with Gasteiger partial charge in [0.15, 0.2) is 4.47 Å². The molecule has 1 atom stereocenters. The van der Waals surface area contributed by atoms with E-state index < -0.39 is 35.9 Å². The average Bonchev–Trinajstić information content (AvgIpc) is 3.14. The Labute approximate surface area is 200 Å². The van der Waals surface area contributed by atoms with Gasteiger partial charge in [0.05, 0.1) is 16.4 Å². The third kappa shape index (κ3) is 6.20. The fourth-order valence-electron chi connectivity index (χ4n) is 2.94. The molecular weight excluding hydrogens is 503 g/mol. The molecule has 2 aromatic heterocycles. The zero-order chi connectivity index (χ0) is 24.6. The zero-order valence-electron chi connectivity index (χ0n) is 17.3. The molecule has 176 valence electrons. The summed E-state index contributed by atoms with van der Waals surface area (Å²) in [6, 6.07) is 6.50. The number of halogens is 6. The van der Waals surface area contributed by atoms with Crippen molar-refractivity contribution in [2.24, 2.45) is 5.73 Å². The van der Waals surface area contributed by atoms with E-state index in [1.807, 2.05) is 0 Å². The van der Waals surface area contributed by atoms with Gasteiger partial charge in [-0.3, -0.25) is 9.78 Å². The summed E-state index contributed by atoms with van der Waals surface area (Å²) < 4.78 is 55.7. The van der Waals surface area contributed by atoms with Crippen LogP contribution in [0.2, 0.25) is 9.49 Å². The fraction of sp³-hybridized carbons (Fsp3) is 0.286. The number of carbonyl (C=O) groups is 1. The predicted molar refractivity (Wildman–Crippen MR) is 120 cm³/mol. The summed E-state index contributed by atoms with van der Waals surface area (Å²) in [6.07, 6.45) is -4.74. The van der Waals surface area contributed by atoms with Crippen LogP contribution in [0.25, 0.3) is 11.3 Å². The van der Waals surface area contributed by atoms with E-state index in [0.29, 0.717) is 11.1 Å². The summed E-state index contributed by atoms with van der Waals surface area (Å²) in [6.45, 7) is 2.47. The van der Waals surface area contributed by atoms with Gasteiger partial charge in [0, 0.05) is 23.0 Å². The molecule has 1 amide bonds. The van der Waals surface area contributed by atoms with Crippen LogP contribution in [-0.2, 0) is 5.54 Å². The monoisotopic (exact) mass is 520 g/mol. The van der Waals surface area contributed by atoms with Crippen LogP contribution in [-0.4, -0.2) is 28.6 Å². The van der Waals surface area contributed by atoms with E-state index in [4.69, 9.17) is 28.9 Å². The summed E-state index contributed by atoms with van der Waals surface area (Å²) in [4.78, 5) is 20.1. The van der Waals surface area contributed by atoms with Crippen LogP contribution in [0, 0.1) is 5.82 Å². The molecule has 2 heterocycles. The number of alkyl halides is 3. The number of nitrogens with one attached hydrogen (secondary N) is 1. The molecule has 0 saturated heterocycles. The Morgan fingerprint density at radius 3 is 2.42 bits per heavy atom. The van der Waals surface area contributed by atoms with Crippen molar-refractivity contribution in [3.63, 3.8) is 0 Å². The minimum absolute atomic E-state index is 0.0858. The van der Waals surface area contributed by atoms with Gasteiger partial charge in [0.1, 0.15) is 17.4 Å². The molecule has 1 aromatic carbocycles. The number of nitrogens with two attached hydrogens (primary N) is 1. The lowest BCUT2D eigenvalue weighted by Gasteiger charge is -2.25. The molecule has 0 saturated carbocycles. The molecular formula is C21H18Cl2F4N4OS. The lowest BCUT2D eigenvalue weighted by Crippen LogP contribution is -2.36. The van der Waals surface area contributed by atoms with E-state index in [9.17, 15) is 22.4 Å². The van der Waals surface area contributed by atoms with Gasteiger partial charge in [-0.05, 0) is 49.7 Å². The van der Waals surface area contributed by atoms with E-state index >= 15 is 0 Å². The van der Waals surface area contributed by atoms with Crippen molar-refractivity contribution in [1.82, 2.24) is 15.3 Å². The maximum atomic E-state index is 14.0. The smallest absolute Gasteiger partial charge is 0.350 e. The summed E-state index contributed by atoms with van der Waals surface area (Å²) in [5.74, 6) is -3.62. The highest BCUT2D eigenvalue weighted by atomic mass is 35.5. The Morgan fingerprint density at radius 2 is 1.88 bits per heavy atom. The van der Waals surface area contributed by atoms with Crippen LogP contribution in [0.1, 0.15) is 41.5 Å². The topological polar surface area (TPSA) is 80.9 Å². The normalized spacial score (nSPS) is 13.1. The van der Waals surface area contributed by atoms with Crippen LogP contribution in [0.5, 0.6) is 0 Å². The second kappa shape index (κ2) is 9.54. The second-order valence-electron chi connectivity index (χ2n) is 7.81. The highest BCUT2D eigenvalue weighted by Gasteiger charge is 2.42. The van der Waals surface area contributed by atoms with E-state index in [1.54, 1.807) is 13.8 Å². The molecule has 1 unspecified atom stereocenters. The minimum atomic E-state index is -4.74. The van der Waals surface area contributed by atoms with E-state index in [2.05, 4.69) is 15.3 Å². The molecule has 0 aliphatic rings. The maximum Gasteiger partial charge on any atom is 0.398 e. The first-order valence-electron chi connectivity index (χ1n) is 9.48. The molecule has 0 radical (unpaired) electrons. The van der Waals surface area contributed by atoms with Crippen LogP contribution < -0.4 is 11.1 Å². The third-order valence-electron chi connectivity index (χ3n) is 4.73. The molecule has 0 bridgehead atoms. The summed E-state index contributed by atoms with van der Waals surface area (Å²) in [7, 11) is 0. The quantitative estimate of drug-likeness (QED) is 0.395. The first-order chi connectivity index (χ1) is 15.3. The van der Waals surface area contributed by atoms with E-state index in [-0.39, 0.29) is 26.6 Å². The van der Waals surface area contributed by atoms with Gasteiger partial charge in [-0.2, -0.15) is 13.2 Å². The molecule has 3 aromatic rings. The van der Waals surface area contributed by atoms with Gasteiger partial charge in [0.2, 0.25) is 0 Å².